The van der Waals surface area contributed by atoms with Crippen molar-refractivity contribution in [2.45, 2.75) is 32.9 Å². The molecule has 1 N–H and O–H groups in total. The molecule has 0 aliphatic carbocycles. The molecule has 6 heteroatoms. The van der Waals surface area contributed by atoms with Crippen LogP contribution in [-0.4, -0.2) is 60.8 Å². The van der Waals surface area contributed by atoms with Crippen LogP contribution >= 0.6 is 0 Å². The molecule has 1 aromatic carbocycles. The molecule has 24 heavy (non-hydrogen) atoms. The molecule has 0 unspecified atom stereocenters. The highest BCUT2D eigenvalue weighted by Crippen LogP contribution is 2.32. The molecule has 6 nitrogen and oxygen atoms in total. The van der Waals surface area contributed by atoms with Gasteiger partial charge in [0.15, 0.2) is 11.5 Å². The number of nitrogens with one attached hydrogen (secondary N) is 1. The molecule has 2 aliphatic heterocycles. The number of nitrogens with zero attached hydrogens (tertiary/aromatic N) is 2. The summed E-state index contributed by atoms with van der Waals surface area (Å²) in [6, 6.07) is 6.13. The van der Waals surface area contributed by atoms with Gasteiger partial charge in [0.25, 0.3) is 0 Å². The third kappa shape index (κ3) is 4.61. The predicted molar refractivity (Wildman–Crippen MR) is 92.2 cm³/mol. The Morgan fingerprint density at radius 2 is 1.75 bits per heavy atom. The van der Waals surface area contributed by atoms with E-state index in [1.54, 1.807) is 0 Å². The van der Waals surface area contributed by atoms with Crippen LogP contribution in [-0.2, 0) is 11.3 Å². The molecule has 2 heterocycles. The lowest BCUT2D eigenvalue weighted by Gasteiger charge is -2.34. The van der Waals surface area contributed by atoms with E-state index in [9.17, 15) is 4.79 Å². The number of ether oxygens (including phenoxy) is 2. The highest BCUT2D eigenvalue weighted by molar-refractivity contribution is 5.78. The molecule has 1 fully saturated rings. The number of hydrogen-bond donors (Lipinski definition) is 1. The summed E-state index contributed by atoms with van der Waals surface area (Å²) in [5.41, 5.74) is 1.07. The van der Waals surface area contributed by atoms with Gasteiger partial charge >= 0.3 is 0 Å². The lowest BCUT2D eigenvalue weighted by Crippen LogP contribution is -2.51. The summed E-state index contributed by atoms with van der Waals surface area (Å²) in [6.07, 6.45) is 0. The number of piperazine rings is 1. The van der Waals surface area contributed by atoms with Crippen LogP contribution in [0.25, 0.3) is 0 Å². The van der Waals surface area contributed by atoms with Crippen molar-refractivity contribution in [2.75, 3.05) is 39.5 Å². The predicted octanol–water partition coefficient (Wildman–Crippen LogP) is 1.45. The summed E-state index contributed by atoms with van der Waals surface area (Å²) in [7, 11) is 0. The molecular weight excluding hydrogens is 306 g/mol. The average Bonchev–Trinajstić information content (AvgIpc) is 2.95. The highest BCUT2D eigenvalue weighted by Gasteiger charge is 2.22. The third-order valence-electron chi connectivity index (χ3n) is 4.19. The van der Waals surface area contributed by atoms with E-state index >= 15 is 0 Å². The van der Waals surface area contributed by atoms with Crippen LogP contribution in [0.5, 0.6) is 11.5 Å². The Labute approximate surface area is 143 Å². The second-order valence-electron chi connectivity index (χ2n) is 7.54. The van der Waals surface area contributed by atoms with E-state index < -0.39 is 0 Å². The molecule has 0 atom stereocenters. The molecule has 0 spiro atoms. The van der Waals surface area contributed by atoms with Gasteiger partial charge in [-0.3, -0.25) is 14.6 Å². The van der Waals surface area contributed by atoms with Gasteiger partial charge in [-0.2, -0.15) is 0 Å². The zero-order valence-electron chi connectivity index (χ0n) is 14.8. The Bertz CT molecular complexity index is 590. The van der Waals surface area contributed by atoms with Crippen molar-refractivity contribution in [1.29, 1.82) is 0 Å². The standard InChI is InChI=1S/C18H27N3O3/c1-18(2,3)19-17(22)12-21-8-6-20(7-9-21)11-14-4-5-15-16(10-14)24-13-23-15/h4-5,10H,6-9,11-13H2,1-3H3,(H,19,22). The van der Waals surface area contributed by atoms with Crippen molar-refractivity contribution >= 4 is 5.91 Å². The number of carbonyl (C=O) groups is 1. The minimum Gasteiger partial charge on any atom is -0.454 e. The Kier molecular flexibility index (Phi) is 4.96. The maximum atomic E-state index is 12.0. The van der Waals surface area contributed by atoms with Gasteiger partial charge in [0.1, 0.15) is 0 Å². The van der Waals surface area contributed by atoms with Crippen molar-refractivity contribution in [2.24, 2.45) is 0 Å². The first-order chi connectivity index (χ1) is 11.4. The minimum absolute atomic E-state index is 0.103. The smallest absolute Gasteiger partial charge is 0.234 e. The topological polar surface area (TPSA) is 54.0 Å². The molecule has 0 radical (unpaired) electrons. The van der Waals surface area contributed by atoms with Crippen molar-refractivity contribution in [3.8, 4) is 11.5 Å². The van der Waals surface area contributed by atoms with E-state index in [1.165, 1.54) is 5.56 Å². The van der Waals surface area contributed by atoms with E-state index in [2.05, 4.69) is 27.2 Å². The van der Waals surface area contributed by atoms with Crippen LogP contribution in [0.1, 0.15) is 26.3 Å². The molecule has 1 saturated heterocycles. The van der Waals surface area contributed by atoms with Gasteiger partial charge in [-0.05, 0) is 38.5 Å². The molecule has 0 bridgehead atoms. The first-order valence-electron chi connectivity index (χ1n) is 8.53. The summed E-state index contributed by atoms with van der Waals surface area (Å²) >= 11 is 0. The van der Waals surface area contributed by atoms with Gasteiger partial charge < -0.3 is 14.8 Å². The maximum Gasteiger partial charge on any atom is 0.234 e. The lowest BCUT2D eigenvalue weighted by atomic mass is 10.1. The Morgan fingerprint density at radius 1 is 1.08 bits per heavy atom. The van der Waals surface area contributed by atoms with Gasteiger partial charge in [-0.15, -0.1) is 0 Å². The Hall–Kier alpha value is -1.79. The fourth-order valence-electron chi connectivity index (χ4n) is 3.06. The zero-order chi connectivity index (χ0) is 17.2. The van der Waals surface area contributed by atoms with Gasteiger partial charge in [0.2, 0.25) is 12.7 Å². The molecule has 0 aromatic heterocycles. The number of carbonyl (C=O) groups excluding carboxylic acids is 1. The molecular formula is C18H27N3O3. The summed E-state index contributed by atoms with van der Waals surface area (Å²) in [6.45, 7) is 11.5. The second-order valence-corrected chi connectivity index (χ2v) is 7.54. The zero-order valence-corrected chi connectivity index (χ0v) is 14.8. The normalized spacial score (nSPS) is 18.6. The van der Waals surface area contributed by atoms with E-state index in [4.69, 9.17) is 9.47 Å². The summed E-state index contributed by atoms with van der Waals surface area (Å²) in [5.74, 6) is 1.77. The Morgan fingerprint density at radius 3 is 2.46 bits per heavy atom. The van der Waals surface area contributed by atoms with Gasteiger partial charge in [0, 0.05) is 38.3 Å². The van der Waals surface area contributed by atoms with Crippen molar-refractivity contribution in [3.63, 3.8) is 0 Å². The van der Waals surface area contributed by atoms with E-state index in [0.29, 0.717) is 13.3 Å². The number of hydrogen-bond acceptors (Lipinski definition) is 5. The molecule has 3 rings (SSSR count). The van der Waals surface area contributed by atoms with Crippen LogP contribution in [0, 0.1) is 0 Å². The third-order valence-corrected chi connectivity index (χ3v) is 4.19. The molecule has 2 aliphatic rings. The number of benzene rings is 1. The average molecular weight is 333 g/mol. The van der Waals surface area contributed by atoms with Crippen LogP contribution in [0.2, 0.25) is 0 Å². The first-order valence-corrected chi connectivity index (χ1v) is 8.53. The van der Waals surface area contributed by atoms with Crippen molar-refractivity contribution in [1.82, 2.24) is 15.1 Å². The highest BCUT2D eigenvalue weighted by atomic mass is 16.7. The maximum absolute atomic E-state index is 12.0. The van der Waals surface area contributed by atoms with Crippen molar-refractivity contribution < 1.29 is 14.3 Å². The van der Waals surface area contributed by atoms with E-state index in [-0.39, 0.29) is 11.4 Å². The van der Waals surface area contributed by atoms with Crippen LogP contribution in [0.15, 0.2) is 18.2 Å². The quantitative estimate of drug-likeness (QED) is 0.904. The van der Waals surface area contributed by atoms with Crippen LogP contribution in [0.4, 0.5) is 0 Å². The van der Waals surface area contributed by atoms with Crippen molar-refractivity contribution in [3.05, 3.63) is 23.8 Å². The van der Waals surface area contributed by atoms with Gasteiger partial charge in [-0.25, -0.2) is 0 Å². The summed E-state index contributed by atoms with van der Waals surface area (Å²) < 4.78 is 10.8. The van der Waals surface area contributed by atoms with Crippen LogP contribution < -0.4 is 14.8 Å². The van der Waals surface area contributed by atoms with E-state index in [1.807, 2.05) is 26.8 Å². The molecule has 0 saturated carbocycles. The second kappa shape index (κ2) is 6.99. The van der Waals surface area contributed by atoms with Gasteiger partial charge in [-0.1, -0.05) is 6.07 Å². The number of fused-ring (bicyclic) bond motifs is 1. The Balaban J connectivity index is 1.44. The largest absolute Gasteiger partial charge is 0.454 e. The summed E-state index contributed by atoms with van der Waals surface area (Å²) in [5, 5.41) is 3.02. The lowest BCUT2D eigenvalue weighted by molar-refractivity contribution is -0.124. The SMILES string of the molecule is CC(C)(C)NC(=O)CN1CCN(Cc2ccc3c(c2)OCO3)CC1. The summed E-state index contributed by atoms with van der Waals surface area (Å²) in [4.78, 5) is 16.6. The molecule has 1 amide bonds. The van der Waals surface area contributed by atoms with E-state index in [0.717, 1.165) is 44.2 Å². The first kappa shape index (κ1) is 17.0. The molecule has 1 aromatic rings. The monoisotopic (exact) mass is 333 g/mol. The van der Waals surface area contributed by atoms with Crippen LogP contribution in [0.3, 0.4) is 0 Å². The van der Waals surface area contributed by atoms with Gasteiger partial charge in [0.05, 0.1) is 6.54 Å². The number of amides is 1. The fraction of sp³-hybridized carbons (Fsp3) is 0.611. The molecule has 132 valence electrons. The fourth-order valence-corrected chi connectivity index (χ4v) is 3.06. The number of rotatable bonds is 4. The minimum atomic E-state index is -0.168.